The Kier molecular flexibility index (Phi) is 39.5. The summed E-state index contributed by atoms with van der Waals surface area (Å²) in [6.45, 7) is 24.0. The molecule has 1 N–H and O–H groups in total. The zero-order chi connectivity index (χ0) is 25.6. The Balaban J connectivity index is -0.000000335. The molecule has 3 aliphatic heterocycles. The van der Waals surface area contributed by atoms with Gasteiger partial charge in [0, 0.05) is 13.2 Å². The van der Waals surface area contributed by atoms with Crippen LogP contribution < -0.4 is 5.32 Å². The van der Waals surface area contributed by atoms with Crippen molar-refractivity contribution in [2.75, 3.05) is 37.8 Å². The first-order chi connectivity index (χ1) is 15.7. The maximum absolute atomic E-state index is 5.19. The van der Waals surface area contributed by atoms with Gasteiger partial charge in [0.1, 0.15) is 0 Å². The lowest BCUT2D eigenvalue weighted by atomic mass is 10.2. The average Bonchev–Trinajstić information content (AvgIpc) is 3.28. The van der Waals surface area contributed by atoms with Crippen molar-refractivity contribution in [3.05, 3.63) is 0 Å². The van der Waals surface area contributed by atoms with Crippen LogP contribution >= 0.6 is 11.8 Å². The molecule has 0 aliphatic carbocycles. The quantitative estimate of drug-likeness (QED) is 0.365. The molecule has 0 aromatic carbocycles. The third-order valence-corrected chi connectivity index (χ3v) is 5.27. The molecule has 0 amide bonds. The monoisotopic (exact) mass is 489 g/mol. The van der Waals surface area contributed by atoms with Gasteiger partial charge in [0.15, 0.2) is 0 Å². The van der Waals surface area contributed by atoms with E-state index < -0.39 is 0 Å². The summed E-state index contributed by atoms with van der Waals surface area (Å²) in [6.07, 6.45) is 16.8. The van der Waals surface area contributed by atoms with Gasteiger partial charge in [-0.2, -0.15) is 11.8 Å². The molecular weight excluding hydrogens is 422 g/mol. The molecule has 3 aliphatic rings. The molecule has 0 unspecified atom stereocenters. The molecule has 0 aromatic heterocycles. The summed E-state index contributed by atoms with van der Waals surface area (Å²) >= 11 is 2.12. The Morgan fingerprint density at radius 2 is 0.758 bits per heavy atom. The minimum Gasteiger partial charge on any atom is -0.381 e. The lowest BCUT2D eigenvalue weighted by Gasteiger charge is -1.91. The zero-order valence-corrected chi connectivity index (χ0v) is 25.6. The third-order valence-electron chi connectivity index (χ3n) is 4.11. The van der Waals surface area contributed by atoms with Crippen LogP contribution in [-0.2, 0) is 4.74 Å². The molecule has 3 heteroatoms. The first kappa shape index (κ1) is 37.8. The number of thioether (sulfide) groups is 1. The lowest BCUT2D eigenvalue weighted by Crippen LogP contribution is -2.12. The number of nitrogens with one attached hydrogen (secondary N) is 1. The van der Waals surface area contributed by atoms with E-state index in [1.165, 1.54) is 102 Å². The van der Waals surface area contributed by atoms with E-state index in [0.29, 0.717) is 0 Å². The van der Waals surface area contributed by atoms with Crippen molar-refractivity contribution in [2.24, 2.45) is 17.8 Å². The molecule has 3 heterocycles. The van der Waals surface area contributed by atoms with Gasteiger partial charge in [-0.3, -0.25) is 0 Å². The minimum absolute atomic E-state index is 0.833. The molecule has 2 nitrogen and oxygen atoms in total. The molecular formula is C30H67NOS. The SMILES string of the molecule is C1CCCNCC1.C1CCCOCC1.C1CCCSCC1.CC(C)C.CC(C)C.CC(C)C. The predicted molar refractivity (Wildman–Crippen MR) is 158 cm³/mol. The highest BCUT2D eigenvalue weighted by Gasteiger charge is 1.96. The molecule has 3 rings (SSSR count). The lowest BCUT2D eigenvalue weighted by molar-refractivity contribution is 0.144. The van der Waals surface area contributed by atoms with Crippen molar-refractivity contribution in [3.8, 4) is 0 Å². The first-order valence-electron chi connectivity index (χ1n) is 14.6. The highest BCUT2D eigenvalue weighted by atomic mass is 32.2. The van der Waals surface area contributed by atoms with E-state index in [1.54, 1.807) is 0 Å². The molecule has 0 bridgehead atoms. The van der Waals surface area contributed by atoms with Crippen LogP contribution in [0.4, 0.5) is 0 Å². The average molecular weight is 490 g/mol. The maximum atomic E-state index is 5.19. The molecule has 0 aromatic rings. The Morgan fingerprint density at radius 3 is 1.12 bits per heavy atom. The normalized spacial score (nSPS) is 18.5. The van der Waals surface area contributed by atoms with E-state index >= 15 is 0 Å². The molecule has 3 saturated heterocycles. The summed E-state index contributed by atoms with van der Waals surface area (Å²) in [5, 5.41) is 3.35. The number of hydrogen-bond donors (Lipinski definition) is 1. The van der Waals surface area contributed by atoms with Gasteiger partial charge in [-0.1, -0.05) is 101 Å². The van der Waals surface area contributed by atoms with Crippen LogP contribution in [0.1, 0.15) is 139 Å². The van der Waals surface area contributed by atoms with E-state index in [0.717, 1.165) is 31.0 Å². The minimum atomic E-state index is 0.833. The fourth-order valence-corrected chi connectivity index (χ4v) is 3.73. The largest absolute Gasteiger partial charge is 0.381 e. The van der Waals surface area contributed by atoms with Gasteiger partial charge in [0.25, 0.3) is 0 Å². The summed E-state index contributed by atoms with van der Waals surface area (Å²) < 4.78 is 5.19. The summed E-state index contributed by atoms with van der Waals surface area (Å²) in [4.78, 5) is 0. The fraction of sp³-hybridized carbons (Fsp3) is 1.00. The van der Waals surface area contributed by atoms with Crippen LogP contribution in [0.3, 0.4) is 0 Å². The Morgan fingerprint density at radius 1 is 0.455 bits per heavy atom. The van der Waals surface area contributed by atoms with Gasteiger partial charge in [-0.05, 0) is 80.9 Å². The van der Waals surface area contributed by atoms with Crippen molar-refractivity contribution in [1.82, 2.24) is 5.32 Å². The molecule has 33 heavy (non-hydrogen) atoms. The third kappa shape index (κ3) is 65.4. The second-order valence-electron chi connectivity index (χ2n) is 11.4. The van der Waals surface area contributed by atoms with Gasteiger partial charge in [-0.15, -0.1) is 0 Å². The van der Waals surface area contributed by atoms with E-state index in [9.17, 15) is 0 Å². The van der Waals surface area contributed by atoms with Crippen LogP contribution in [0.2, 0.25) is 0 Å². The topological polar surface area (TPSA) is 21.3 Å². The number of rotatable bonds is 0. The summed E-state index contributed by atoms with van der Waals surface area (Å²) in [7, 11) is 0. The molecule has 0 radical (unpaired) electrons. The van der Waals surface area contributed by atoms with Gasteiger partial charge in [-0.25, -0.2) is 0 Å². The van der Waals surface area contributed by atoms with Crippen molar-refractivity contribution >= 4 is 11.8 Å². The van der Waals surface area contributed by atoms with Crippen molar-refractivity contribution in [1.29, 1.82) is 0 Å². The van der Waals surface area contributed by atoms with E-state index in [4.69, 9.17) is 4.74 Å². The smallest absolute Gasteiger partial charge is 0.0466 e. The Hall–Kier alpha value is 0.270. The van der Waals surface area contributed by atoms with Crippen LogP contribution in [-0.4, -0.2) is 37.8 Å². The molecule has 0 atom stereocenters. The predicted octanol–water partition coefficient (Wildman–Crippen LogP) is 10.0. The van der Waals surface area contributed by atoms with Crippen molar-refractivity contribution < 1.29 is 4.74 Å². The first-order valence-corrected chi connectivity index (χ1v) is 15.7. The van der Waals surface area contributed by atoms with Gasteiger partial charge >= 0.3 is 0 Å². The van der Waals surface area contributed by atoms with E-state index in [-0.39, 0.29) is 0 Å². The summed E-state index contributed by atoms with van der Waals surface area (Å²) in [5.41, 5.74) is 0. The second-order valence-corrected chi connectivity index (χ2v) is 12.6. The molecule has 0 saturated carbocycles. The highest BCUT2D eigenvalue weighted by Crippen LogP contribution is 2.15. The Labute approximate surface area is 216 Å². The fourth-order valence-electron chi connectivity index (χ4n) is 2.71. The van der Waals surface area contributed by atoms with Crippen LogP contribution in [0, 0.1) is 17.8 Å². The molecule has 0 spiro atoms. The van der Waals surface area contributed by atoms with Gasteiger partial charge in [0.2, 0.25) is 0 Å². The van der Waals surface area contributed by atoms with Crippen LogP contribution in [0.25, 0.3) is 0 Å². The van der Waals surface area contributed by atoms with Crippen LogP contribution in [0.5, 0.6) is 0 Å². The van der Waals surface area contributed by atoms with E-state index in [2.05, 4.69) is 79.4 Å². The zero-order valence-electron chi connectivity index (χ0n) is 24.8. The van der Waals surface area contributed by atoms with E-state index in [1.807, 2.05) is 0 Å². The maximum Gasteiger partial charge on any atom is 0.0466 e. The number of hydrogen-bond acceptors (Lipinski definition) is 3. The van der Waals surface area contributed by atoms with Crippen molar-refractivity contribution in [2.45, 2.75) is 139 Å². The highest BCUT2D eigenvalue weighted by molar-refractivity contribution is 7.99. The molecule has 3 fully saturated rings. The standard InChI is InChI=1S/C6H13N.C6H12O.C6H12S.3C4H10/c3*1-2-4-6-7-5-3-1;3*1-4(2)3/h7H,1-6H2;2*1-6H2;3*4H,1-3H3. The van der Waals surface area contributed by atoms with Crippen LogP contribution in [0.15, 0.2) is 0 Å². The second kappa shape index (κ2) is 34.4. The van der Waals surface area contributed by atoms with Crippen molar-refractivity contribution in [3.63, 3.8) is 0 Å². The van der Waals surface area contributed by atoms with Gasteiger partial charge in [0.05, 0.1) is 0 Å². The van der Waals surface area contributed by atoms with Gasteiger partial charge < -0.3 is 10.1 Å². The molecule has 204 valence electrons. The summed E-state index contributed by atoms with van der Waals surface area (Å²) in [6, 6.07) is 0. The Bertz CT molecular complexity index is 193. The number of ether oxygens (including phenoxy) is 1. The summed E-state index contributed by atoms with van der Waals surface area (Å²) in [5.74, 6) is 5.33.